The number of hydrogen-bond acceptors (Lipinski definition) is 5. The van der Waals surface area contributed by atoms with Gasteiger partial charge in [0.05, 0.1) is 6.61 Å². The van der Waals surface area contributed by atoms with E-state index in [0.717, 1.165) is 31.4 Å². The lowest BCUT2D eigenvalue weighted by Gasteiger charge is -2.62. The zero-order valence-electron chi connectivity index (χ0n) is 26.8. The highest BCUT2D eigenvalue weighted by Gasteiger charge is 2.62. The number of fused-ring (bicyclic) bond motifs is 8. The first-order valence-electron chi connectivity index (χ1n) is 16.8. The number of amides is 1. The Kier molecular flexibility index (Phi) is 7.43. The SMILES string of the molecule is CC1(C)C(NOCCNC(=O)OCC2c3ccccc3-c3ccccc32)=CC[C@@]2(C)C1CC[C@@H]1[C@@H]2CC[C@]2(C)C(=O)CC[C@@H]12. The number of hydroxylamine groups is 1. The Morgan fingerprint density at radius 1 is 0.909 bits per heavy atom. The Labute approximate surface area is 262 Å². The molecule has 0 aromatic heterocycles. The van der Waals surface area contributed by atoms with E-state index >= 15 is 0 Å². The number of allylic oxidation sites excluding steroid dienone is 2. The number of alkyl carbamates (subject to hydrolysis) is 1. The van der Waals surface area contributed by atoms with Crippen LogP contribution in [0.5, 0.6) is 0 Å². The van der Waals surface area contributed by atoms with Gasteiger partial charge >= 0.3 is 6.09 Å². The number of benzene rings is 2. The van der Waals surface area contributed by atoms with E-state index in [-0.39, 0.29) is 22.2 Å². The molecule has 1 unspecified atom stereocenters. The van der Waals surface area contributed by atoms with E-state index in [9.17, 15) is 9.59 Å². The predicted octanol–water partition coefficient (Wildman–Crippen LogP) is 7.79. The molecule has 0 saturated heterocycles. The van der Waals surface area contributed by atoms with E-state index in [1.807, 2.05) is 12.1 Å². The second-order valence-electron chi connectivity index (χ2n) is 15.2. The quantitative estimate of drug-likeness (QED) is 0.252. The molecule has 0 bridgehead atoms. The van der Waals surface area contributed by atoms with Crippen LogP contribution in [-0.2, 0) is 14.4 Å². The fraction of sp³-hybridized carbons (Fsp3) is 0.579. The summed E-state index contributed by atoms with van der Waals surface area (Å²) in [4.78, 5) is 31.3. The van der Waals surface area contributed by atoms with E-state index in [2.05, 4.69) is 81.0 Å². The molecule has 6 atom stereocenters. The number of rotatable bonds is 7. The van der Waals surface area contributed by atoms with Gasteiger partial charge in [-0.05, 0) is 89.9 Å². The van der Waals surface area contributed by atoms with Crippen molar-refractivity contribution in [1.82, 2.24) is 10.8 Å². The third-order valence-corrected chi connectivity index (χ3v) is 12.9. The van der Waals surface area contributed by atoms with Gasteiger partial charge in [-0.1, -0.05) is 82.3 Å². The molecule has 3 fully saturated rings. The van der Waals surface area contributed by atoms with Crippen molar-refractivity contribution in [2.24, 2.45) is 39.9 Å². The van der Waals surface area contributed by atoms with Crippen LogP contribution in [0.3, 0.4) is 0 Å². The van der Waals surface area contributed by atoms with E-state index in [4.69, 9.17) is 9.57 Å². The maximum absolute atomic E-state index is 12.8. The van der Waals surface area contributed by atoms with Crippen LogP contribution in [0.15, 0.2) is 60.3 Å². The van der Waals surface area contributed by atoms with Crippen molar-refractivity contribution < 1.29 is 19.2 Å². The van der Waals surface area contributed by atoms with E-state index in [1.54, 1.807) is 0 Å². The molecule has 0 heterocycles. The predicted molar refractivity (Wildman–Crippen MR) is 172 cm³/mol. The molecule has 44 heavy (non-hydrogen) atoms. The first kappa shape index (κ1) is 29.6. The maximum atomic E-state index is 12.8. The van der Waals surface area contributed by atoms with Crippen LogP contribution in [0.2, 0.25) is 0 Å². The Balaban J connectivity index is 0.905. The van der Waals surface area contributed by atoms with Gasteiger partial charge in [0.15, 0.2) is 0 Å². The summed E-state index contributed by atoms with van der Waals surface area (Å²) in [5.41, 5.74) is 9.42. The van der Waals surface area contributed by atoms with E-state index < -0.39 is 6.09 Å². The Morgan fingerprint density at radius 3 is 2.34 bits per heavy atom. The summed E-state index contributed by atoms with van der Waals surface area (Å²) in [5, 5.41) is 2.85. The van der Waals surface area contributed by atoms with Crippen molar-refractivity contribution in [3.8, 4) is 11.1 Å². The van der Waals surface area contributed by atoms with Crippen molar-refractivity contribution in [3.05, 3.63) is 71.4 Å². The van der Waals surface area contributed by atoms with Crippen molar-refractivity contribution in [1.29, 1.82) is 0 Å². The lowest BCUT2D eigenvalue weighted by Crippen LogP contribution is -2.57. The monoisotopic (exact) mass is 596 g/mol. The van der Waals surface area contributed by atoms with Crippen molar-refractivity contribution in [3.63, 3.8) is 0 Å². The molecule has 5 aliphatic carbocycles. The highest BCUT2D eigenvalue weighted by molar-refractivity contribution is 5.87. The van der Waals surface area contributed by atoms with E-state index in [1.165, 1.54) is 41.5 Å². The summed E-state index contributed by atoms with van der Waals surface area (Å²) >= 11 is 0. The number of carbonyl (C=O) groups excluding carboxylic acids is 2. The van der Waals surface area contributed by atoms with Crippen LogP contribution in [-0.4, -0.2) is 31.6 Å². The molecule has 0 aliphatic heterocycles. The fourth-order valence-corrected chi connectivity index (χ4v) is 10.6. The topological polar surface area (TPSA) is 76.7 Å². The molecule has 5 aliphatic rings. The molecule has 2 aromatic carbocycles. The lowest BCUT2D eigenvalue weighted by molar-refractivity contribution is -0.142. The molecule has 6 heteroatoms. The van der Waals surface area contributed by atoms with Gasteiger partial charge < -0.3 is 10.1 Å². The van der Waals surface area contributed by atoms with Crippen LogP contribution in [0.25, 0.3) is 11.1 Å². The van der Waals surface area contributed by atoms with Gasteiger partial charge in [-0.2, -0.15) is 0 Å². The number of Topliss-reactive ketones (excluding diaryl/α,β-unsaturated/α-hetero) is 1. The highest BCUT2D eigenvalue weighted by atomic mass is 16.6. The average molecular weight is 597 g/mol. The van der Waals surface area contributed by atoms with Gasteiger partial charge in [0.2, 0.25) is 0 Å². The van der Waals surface area contributed by atoms with Gasteiger partial charge in [-0.3, -0.25) is 15.1 Å². The minimum Gasteiger partial charge on any atom is -0.449 e. The molecule has 7 rings (SSSR count). The molecule has 2 N–H and O–H groups in total. The van der Waals surface area contributed by atoms with Gasteiger partial charge in [0, 0.05) is 35.4 Å². The molecule has 0 spiro atoms. The van der Waals surface area contributed by atoms with Gasteiger partial charge in [0.25, 0.3) is 0 Å². The molecule has 6 nitrogen and oxygen atoms in total. The van der Waals surface area contributed by atoms with Crippen LogP contribution in [0.1, 0.15) is 89.7 Å². The average Bonchev–Trinajstić information content (AvgIpc) is 3.50. The lowest BCUT2D eigenvalue weighted by atomic mass is 9.42. The first-order chi connectivity index (χ1) is 21.1. The van der Waals surface area contributed by atoms with Gasteiger partial charge in [-0.15, -0.1) is 0 Å². The number of nitrogens with one attached hydrogen (secondary N) is 2. The molecular weight excluding hydrogens is 548 g/mol. The molecule has 1 amide bonds. The minimum absolute atomic E-state index is 0.0373. The second kappa shape index (κ2) is 11.0. The fourth-order valence-electron chi connectivity index (χ4n) is 10.6. The zero-order chi connectivity index (χ0) is 30.7. The number of ketones is 1. The Hall–Kier alpha value is -3.12. The first-order valence-corrected chi connectivity index (χ1v) is 16.8. The standard InChI is InChI=1S/C38H48N2O4/c1-36(2)32-15-13-28-30-14-16-34(41)38(30,4)19-17-31(28)37(32,3)20-18-33(36)40-44-22-21-39-35(42)43-23-29-26-11-7-5-9-24(26)25-10-6-8-12-27(25)29/h5-12,18,28-32,40H,13-17,19-23H2,1-4H3,(H,39,42)/t28-,30-,31-,32?,37+,38-/m0/s1. The minimum atomic E-state index is -0.423. The third kappa shape index (κ3) is 4.62. The molecule has 3 saturated carbocycles. The van der Waals surface area contributed by atoms with Crippen LogP contribution in [0.4, 0.5) is 4.79 Å². The number of carbonyl (C=O) groups is 2. The summed E-state index contributed by atoms with van der Waals surface area (Å²) in [6.45, 7) is 10.5. The summed E-state index contributed by atoms with van der Waals surface area (Å²) < 4.78 is 5.67. The van der Waals surface area contributed by atoms with Crippen LogP contribution in [0, 0.1) is 39.9 Å². The maximum Gasteiger partial charge on any atom is 0.407 e. The molecule has 0 radical (unpaired) electrons. The summed E-state index contributed by atoms with van der Waals surface area (Å²) in [6.07, 6.45) is 9.56. The van der Waals surface area contributed by atoms with E-state index in [0.29, 0.717) is 49.2 Å². The summed E-state index contributed by atoms with van der Waals surface area (Å²) in [5.74, 6) is 3.07. The van der Waals surface area contributed by atoms with Crippen molar-refractivity contribution in [2.75, 3.05) is 19.8 Å². The van der Waals surface area contributed by atoms with Crippen molar-refractivity contribution in [2.45, 2.75) is 78.6 Å². The summed E-state index contributed by atoms with van der Waals surface area (Å²) in [6, 6.07) is 16.7. The normalized spacial score (nSPS) is 33.3. The molecule has 2 aromatic rings. The number of hydrogen-bond donors (Lipinski definition) is 2. The molecular formula is C38H48N2O4. The van der Waals surface area contributed by atoms with Crippen LogP contribution < -0.4 is 10.8 Å². The van der Waals surface area contributed by atoms with Gasteiger partial charge in [-0.25, -0.2) is 4.79 Å². The molecule has 234 valence electrons. The zero-order valence-corrected chi connectivity index (χ0v) is 26.8. The second-order valence-corrected chi connectivity index (χ2v) is 15.2. The summed E-state index contributed by atoms with van der Waals surface area (Å²) in [7, 11) is 0. The highest BCUT2D eigenvalue weighted by Crippen LogP contribution is 2.67. The largest absolute Gasteiger partial charge is 0.449 e. The van der Waals surface area contributed by atoms with Gasteiger partial charge in [0.1, 0.15) is 12.4 Å². The Bertz CT molecular complexity index is 1440. The van der Waals surface area contributed by atoms with Crippen LogP contribution >= 0.6 is 0 Å². The smallest absolute Gasteiger partial charge is 0.407 e. The number of ether oxygens (including phenoxy) is 1. The third-order valence-electron chi connectivity index (χ3n) is 12.9. The van der Waals surface area contributed by atoms with Crippen molar-refractivity contribution >= 4 is 11.9 Å². The Morgan fingerprint density at radius 2 is 1.61 bits per heavy atom.